The average molecular weight is 503 g/mol. The van der Waals surface area contributed by atoms with E-state index in [4.69, 9.17) is 9.52 Å². The van der Waals surface area contributed by atoms with Crippen molar-refractivity contribution < 1.29 is 4.52 Å². The van der Waals surface area contributed by atoms with Crippen LogP contribution in [0.1, 0.15) is 49.4 Å². The topological polar surface area (TPSA) is 83.5 Å². The van der Waals surface area contributed by atoms with E-state index in [1.807, 2.05) is 17.9 Å². The minimum atomic E-state index is 0. The second-order valence-electron chi connectivity index (χ2n) is 6.74. The summed E-state index contributed by atoms with van der Waals surface area (Å²) >= 11 is 0. The Morgan fingerprint density at radius 3 is 2.54 bits per heavy atom. The van der Waals surface area contributed by atoms with Crippen molar-refractivity contribution >= 4 is 29.9 Å². The molecule has 0 spiro atoms. The van der Waals surface area contributed by atoms with Crippen molar-refractivity contribution in [2.45, 2.75) is 46.2 Å². The third-order valence-corrected chi connectivity index (χ3v) is 4.54. The molecule has 2 N–H and O–H groups in total. The number of hydrogen-bond donors (Lipinski definition) is 2. The number of nitrogens with one attached hydrogen (secondary N) is 2. The van der Waals surface area contributed by atoms with Gasteiger partial charge < -0.3 is 20.1 Å². The van der Waals surface area contributed by atoms with Crippen molar-refractivity contribution in [1.82, 2.24) is 30.5 Å². The lowest BCUT2D eigenvalue weighted by Crippen LogP contribution is -2.41. The number of aryl methyl sites for hydroxylation is 3. The lowest BCUT2D eigenvalue weighted by atomic mass is 10.1. The van der Waals surface area contributed by atoms with Crippen LogP contribution < -0.4 is 10.6 Å². The highest BCUT2D eigenvalue weighted by atomic mass is 127. The quantitative estimate of drug-likeness (QED) is 0.311. The van der Waals surface area contributed by atoms with E-state index < -0.39 is 0 Å². The van der Waals surface area contributed by atoms with E-state index in [9.17, 15) is 0 Å². The maximum atomic E-state index is 5.44. The summed E-state index contributed by atoms with van der Waals surface area (Å²) in [6, 6.07) is 0.204. The van der Waals surface area contributed by atoms with Crippen LogP contribution in [0.4, 0.5) is 0 Å². The Morgan fingerprint density at radius 1 is 1.25 bits per heavy atom. The Hall–Kier alpha value is -1.62. The molecule has 158 valence electrons. The molecule has 9 heteroatoms. The zero-order chi connectivity index (χ0) is 19.8. The zero-order valence-electron chi connectivity index (χ0n) is 17.8. The Kier molecular flexibility index (Phi) is 10.5. The summed E-state index contributed by atoms with van der Waals surface area (Å²) in [6.07, 6.45) is 5.64. The first-order valence-electron chi connectivity index (χ1n) is 9.63. The second-order valence-corrected chi connectivity index (χ2v) is 6.74. The number of likely N-dealkylation sites (N-methyl/N-ethyl adjacent to an activating group) is 1. The molecule has 1 atom stereocenters. The minimum absolute atomic E-state index is 0. The summed E-state index contributed by atoms with van der Waals surface area (Å²) in [7, 11) is 6.08. The molecule has 0 saturated carbocycles. The second kappa shape index (κ2) is 12.1. The third-order valence-electron chi connectivity index (χ3n) is 4.54. The highest BCUT2D eigenvalue weighted by molar-refractivity contribution is 14.0. The first kappa shape index (κ1) is 24.4. The predicted octanol–water partition coefficient (Wildman–Crippen LogP) is 2.51. The van der Waals surface area contributed by atoms with E-state index in [0.29, 0.717) is 6.54 Å². The number of nitrogens with zero attached hydrogens (tertiary/aromatic N) is 5. The molecule has 0 aliphatic carbocycles. The van der Waals surface area contributed by atoms with Crippen molar-refractivity contribution in [3.63, 3.8) is 0 Å². The van der Waals surface area contributed by atoms with Crippen LogP contribution in [-0.4, -0.2) is 53.0 Å². The molecule has 0 aromatic carbocycles. The molecular formula is C19H34IN7O. The summed E-state index contributed by atoms with van der Waals surface area (Å²) in [5, 5.41) is 15.2. The van der Waals surface area contributed by atoms with E-state index in [0.717, 1.165) is 48.9 Å². The molecule has 8 nitrogen and oxygen atoms in total. The van der Waals surface area contributed by atoms with Crippen LogP contribution in [-0.2, 0) is 26.4 Å². The standard InChI is InChI=1S/C19H33N7O.HI/c1-7-16-15(18(8-2)27-24-16)11-21-19(20-9-3)22-12-17(25(4)5)14-10-23-26(6)13-14;/h10,13,17H,7-9,11-12H2,1-6H3,(H2,20,21,22);1H. The molecule has 2 heterocycles. The predicted molar refractivity (Wildman–Crippen MR) is 123 cm³/mol. The first-order valence-corrected chi connectivity index (χ1v) is 9.63. The van der Waals surface area contributed by atoms with Gasteiger partial charge in [-0.15, -0.1) is 24.0 Å². The number of aromatic nitrogens is 3. The van der Waals surface area contributed by atoms with Gasteiger partial charge in [0, 0.05) is 43.9 Å². The molecule has 2 aromatic heterocycles. The number of rotatable bonds is 9. The molecule has 2 rings (SSSR count). The van der Waals surface area contributed by atoms with Gasteiger partial charge in [0.25, 0.3) is 0 Å². The molecular weight excluding hydrogens is 469 g/mol. The summed E-state index contributed by atoms with van der Waals surface area (Å²) in [5.41, 5.74) is 3.27. The number of guanidine groups is 1. The molecule has 0 saturated heterocycles. The third kappa shape index (κ3) is 6.47. The highest BCUT2D eigenvalue weighted by Gasteiger charge is 2.17. The smallest absolute Gasteiger partial charge is 0.191 e. The summed E-state index contributed by atoms with van der Waals surface area (Å²) in [5.74, 6) is 1.71. The Balaban J connectivity index is 0.00000392. The molecule has 0 aliphatic heterocycles. The van der Waals surface area contributed by atoms with Crippen LogP contribution in [0.3, 0.4) is 0 Å². The van der Waals surface area contributed by atoms with Crippen LogP contribution in [0.15, 0.2) is 21.9 Å². The molecule has 1 unspecified atom stereocenters. The normalized spacial score (nSPS) is 12.8. The lowest BCUT2D eigenvalue weighted by Gasteiger charge is -2.24. The van der Waals surface area contributed by atoms with Gasteiger partial charge in [0.05, 0.1) is 24.5 Å². The van der Waals surface area contributed by atoms with Crippen molar-refractivity contribution in [3.8, 4) is 0 Å². The van der Waals surface area contributed by atoms with E-state index in [1.165, 1.54) is 5.56 Å². The summed E-state index contributed by atoms with van der Waals surface area (Å²) in [6.45, 7) is 8.32. The highest BCUT2D eigenvalue weighted by Crippen LogP contribution is 2.18. The fraction of sp³-hybridized carbons (Fsp3) is 0.632. The van der Waals surface area contributed by atoms with Crippen LogP contribution >= 0.6 is 24.0 Å². The molecule has 28 heavy (non-hydrogen) atoms. The molecule has 0 bridgehead atoms. The number of aliphatic imine (C=N–C) groups is 1. The molecule has 0 fully saturated rings. The fourth-order valence-corrected chi connectivity index (χ4v) is 3.02. The summed E-state index contributed by atoms with van der Waals surface area (Å²) in [4.78, 5) is 6.94. The van der Waals surface area contributed by atoms with Gasteiger partial charge in [-0.1, -0.05) is 19.0 Å². The van der Waals surface area contributed by atoms with Crippen LogP contribution in [0.5, 0.6) is 0 Å². The van der Waals surface area contributed by atoms with Gasteiger partial charge in [-0.25, -0.2) is 4.99 Å². The Labute approximate surface area is 185 Å². The lowest BCUT2D eigenvalue weighted by molar-refractivity contribution is 0.298. The largest absolute Gasteiger partial charge is 0.361 e. The number of halogens is 1. The van der Waals surface area contributed by atoms with Crippen molar-refractivity contribution in [2.24, 2.45) is 12.0 Å². The van der Waals surface area contributed by atoms with Crippen molar-refractivity contribution in [1.29, 1.82) is 0 Å². The fourth-order valence-electron chi connectivity index (χ4n) is 3.02. The van der Waals surface area contributed by atoms with Gasteiger partial charge in [-0.3, -0.25) is 4.68 Å². The van der Waals surface area contributed by atoms with E-state index in [-0.39, 0.29) is 30.0 Å². The Bertz CT molecular complexity index is 717. The monoisotopic (exact) mass is 503 g/mol. The number of hydrogen-bond acceptors (Lipinski definition) is 5. The molecule has 0 radical (unpaired) electrons. The minimum Gasteiger partial charge on any atom is -0.361 e. The maximum Gasteiger partial charge on any atom is 0.191 e. The zero-order valence-corrected chi connectivity index (χ0v) is 20.2. The first-order chi connectivity index (χ1) is 13.0. The Morgan fingerprint density at radius 2 is 2.00 bits per heavy atom. The van der Waals surface area contributed by atoms with Gasteiger partial charge >= 0.3 is 0 Å². The van der Waals surface area contributed by atoms with Gasteiger partial charge in [0.15, 0.2) is 5.96 Å². The molecule has 0 aliphatic rings. The average Bonchev–Trinajstić information content (AvgIpc) is 3.24. The SMILES string of the molecule is CCNC(=NCc1c(CC)noc1CC)NCC(c1cnn(C)c1)N(C)C.I. The van der Waals surface area contributed by atoms with Crippen LogP contribution in [0.25, 0.3) is 0 Å². The van der Waals surface area contributed by atoms with Gasteiger partial charge in [-0.05, 0) is 27.4 Å². The van der Waals surface area contributed by atoms with Crippen molar-refractivity contribution in [3.05, 3.63) is 35.0 Å². The van der Waals surface area contributed by atoms with Gasteiger partial charge in [-0.2, -0.15) is 5.10 Å². The van der Waals surface area contributed by atoms with Crippen LogP contribution in [0.2, 0.25) is 0 Å². The van der Waals surface area contributed by atoms with Gasteiger partial charge in [0.1, 0.15) is 5.76 Å². The molecule has 0 amide bonds. The van der Waals surface area contributed by atoms with E-state index >= 15 is 0 Å². The van der Waals surface area contributed by atoms with E-state index in [1.54, 1.807) is 0 Å². The van der Waals surface area contributed by atoms with Crippen LogP contribution in [0, 0.1) is 0 Å². The molecule has 2 aromatic rings. The summed E-state index contributed by atoms with van der Waals surface area (Å²) < 4.78 is 7.27. The van der Waals surface area contributed by atoms with Crippen molar-refractivity contribution in [2.75, 3.05) is 27.2 Å². The van der Waals surface area contributed by atoms with E-state index in [2.05, 4.69) is 66.9 Å². The van der Waals surface area contributed by atoms with Gasteiger partial charge in [0.2, 0.25) is 0 Å². The maximum absolute atomic E-state index is 5.44.